The summed E-state index contributed by atoms with van der Waals surface area (Å²) >= 11 is 0. The number of anilines is 1. The Morgan fingerprint density at radius 2 is 1.70 bits per heavy atom. The number of methoxy groups -OCH3 is 3. The summed E-state index contributed by atoms with van der Waals surface area (Å²) in [5, 5.41) is 6.67. The molecule has 1 heterocycles. The number of carbonyl (C=O) groups excluding carboxylic acids is 1. The summed E-state index contributed by atoms with van der Waals surface area (Å²) in [6, 6.07) is 12.3. The molecule has 140 valence electrons. The maximum Gasteiger partial charge on any atom is 0.236 e. The highest BCUT2D eigenvalue weighted by molar-refractivity contribution is 5.93. The van der Waals surface area contributed by atoms with Crippen molar-refractivity contribution in [2.45, 2.75) is 6.42 Å². The van der Waals surface area contributed by atoms with Crippen molar-refractivity contribution in [3.8, 4) is 28.6 Å². The van der Waals surface area contributed by atoms with Crippen molar-refractivity contribution in [1.82, 2.24) is 10.1 Å². The molecule has 0 aliphatic carbocycles. The Hall–Kier alpha value is -3.55. The minimum Gasteiger partial charge on any atom is -0.497 e. The van der Waals surface area contributed by atoms with Crippen LogP contribution in [0.5, 0.6) is 17.2 Å². The van der Waals surface area contributed by atoms with Gasteiger partial charge in [-0.1, -0.05) is 5.16 Å². The maximum atomic E-state index is 12.3. The molecule has 0 aliphatic heterocycles. The average molecular weight is 369 g/mol. The number of rotatable bonds is 7. The molecule has 1 aromatic heterocycles. The van der Waals surface area contributed by atoms with Crippen LogP contribution in [0.25, 0.3) is 11.4 Å². The molecule has 0 bridgehead atoms. The largest absolute Gasteiger partial charge is 0.497 e. The van der Waals surface area contributed by atoms with Gasteiger partial charge in [-0.2, -0.15) is 4.98 Å². The zero-order valence-corrected chi connectivity index (χ0v) is 15.2. The minimum absolute atomic E-state index is 0.0572. The highest BCUT2D eigenvalue weighted by Crippen LogP contribution is 2.29. The van der Waals surface area contributed by atoms with E-state index in [-0.39, 0.29) is 18.2 Å². The van der Waals surface area contributed by atoms with Gasteiger partial charge >= 0.3 is 0 Å². The van der Waals surface area contributed by atoms with Gasteiger partial charge in [0.2, 0.25) is 17.6 Å². The summed E-state index contributed by atoms with van der Waals surface area (Å²) in [5.74, 6) is 2.17. The SMILES string of the molecule is COc1ccc(-c2noc(CC(=O)Nc3ccc(OC)cc3OC)n2)cc1. The van der Waals surface area contributed by atoms with Gasteiger partial charge < -0.3 is 24.1 Å². The lowest BCUT2D eigenvalue weighted by Crippen LogP contribution is -2.15. The third kappa shape index (κ3) is 4.35. The number of hydrogen-bond acceptors (Lipinski definition) is 7. The normalized spacial score (nSPS) is 10.3. The van der Waals surface area contributed by atoms with E-state index in [1.807, 2.05) is 12.1 Å². The molecule has 3 rings (SSSR count). The summed E-state index contributed by atoms with van der Waals surface area (Å²) in [6.07, 6.45) is -0.0572. The van der Waals surface area contributed by atoms with Crippen LogP contribution in [0.2, 0.25) is 0 Å². The highest BCUT2D eigenvalue weighted by atomic mass is 16.5. The van der Waals surface area contributed by atoms with E-state index >= 15 is 0 Å². The first kappa shape index (κ1) is 18.2. The molecular formula is C19H19N3O5. The Labute approximate surface area is 156 Å². The molecule has 8 nitrogen and oxygen atoms in total. The topological polar surface area (TPSA) is 95.7 Å². The van der Waals surface area contributed by atoms with Crippen molar-refractivity contribution < 1.29 is 23.5 Å². The van der Waals surface area contributed by atoms with Crippen molar-refractivity contribution in [2.75, 3.05) is 26.6 Å². The second-order valence-corrected chi connectivity index (χ2v) is 5.53. The van der Waals surface area contributed by atoms with Crippen LogP contribution in [-0.4, -0.2) is 37.4 Å². The molecule has 0 fully saturated rings. The number of ether oxygens (including phenoxy) is 3. The van der Waals surface area contributed by atoms with Crippen LogP contribution in [-0.2, 0) is 11.2 Å². The molecule has 1 N–H and O–H groups in total. The number of benzene rings is 2. The quantitative estimate of drug-likeness (QED) is 0.684. The lowest BCUT2D eigenvalue weighted by Gasteiger charge is -2.10. The van der Waals surface area contributed by atoms with Gasteiger partial charge in [-0.3, -0.25) is 4.79 Å². The molecule has 3 aromatic rings. The molecule has 27 heavy (non-hydrogen) atoms. The fourth-order valence-electron chi connectivity index (χ4n) is 2.42. The number of hydrogen-bond donors (Lipinski definition) is 1. The number of nitrogens with zero attached hydrogens (tertiary/aromatic N) is 2. The predicted molar refractivity (Wildman–Crippen MR) is 98.2 cm³/mol. The monoisotopic (exact) mass is 369 g/mol. The fraction of sp³-hybridized carbons (Fsp3) is 0.211. The first-order valence-corrected chi connectivity index (χ1v) is 8.12. The van der Waals surface area contributed by atoms with E-state index in [0.29, 0.717) is 23.0 Å². The van der Waals surface area contributed by atoms with E-state index in [1.165, 1.54) is 7.11 Å². The van der Waals surface area contributed by atoms with Crippen molar-refractivity contribution in [3.63, 3.8) is 0 Å². The zero-order chi connectivity index (χ0) is 19.2. The van der Waals surface area contributed by atoms with Crippen LogP contribution in [0.3, 0.4) is 0 Å². The predicted octanol–water partition coefficient (Wildman–Crippen LogP) is 2.94. The van der Waals surface area contributed by atoms with E-state index in [4.69, 9.17) is 18.7 Å². The molecule has 0 aliphatic rings. The minimum atomic E-state index is -0.302. The Bertz CT molecular complexity index is 921. The summed E-state index contributed by atoms with van der Waals surface area (Å²) in [7, 11) is 4.67. The van der Waals surface area contributed by atoms with Crippen LogP contribution in [0, 0.1) is 0 Å². The molecular weight excluding hydrogens is 350 g/mol. The number of amides is 1. The molecule has 0 radical (unpaired) electrons. The smallest absolute Gasteiger partial charge is 0.236 e. The van der Waals surface area contributed by atoms with E-state index < -0.39 is 0 Å². The van der Waals surface area contributed by atoms with Gasteiger partial charge in [-0.25, -0.2) is 0 Å². The van der Waals surface area contributed by atoms with E-state index in [2.05, 4.69) is 15.5 Å². The first-order chi connectivity index (χ1) is 13.1. The summed E-state index contributed by atoms with van der Waals surface area (Å²) in [4.78, 5) is 16.5. The molecule has 0 unspecified atom stereocenters. The van der Waals surface area contributed by atoms with E-state index in [0.717, 1.165) is 11.3 Å². The molecule has 0 saturated carbocycles. The van der Waals surface area contributed by atoms with Crippen LogP contribution < -0.4 is 19.5 Å². The van der Waals surface area contributed by atoms with Crippen molar-refractivity contribution in [1.29, 1.82) is 0 Å². The van der Waals surface area contributed by atoms with Crippen LogP contribution >= 0.6 is 0 Å². The molecule has 0 spiro atoms. The van der Waals surface area contributed by atoms with Gasteiger partial charge in [-0.15, -0.1) is 0 Å². The number of carbonyl (C=O) groups is 1. The highest BCUT2D eigenvalue weighted by Gasteiger charge is 2.15. The second-order valence-electron chi connectivity index (χ2n) is 5.53. The Morgan fingerprint density at radius 1 is 1.00 bits per heavy atom. The van der Waals surface area contributed by atoms with Crippen molar-refractivity contribution in [3.05, 3.63) is 48.4 Å². The van der Waals surface area contributed by atoms with E-state index in [9.17, 15) is 4.79 Å². The third-order valence-corrected chi connectivity index (χ3v) is 3.81. The molecule has 1 amide bonds. The molecule has 0 atom stereocenters. The molecule has 8 heteroatoms. The number of nitrogens with one attached hydrogen (secondary N) is 1. The lowest BCUT2D eigenvalue weighted by atomic mass is 10.2. The van der Waals surface area contributed by atoms with Crippen molar-refractivity contribution in [2.24, 2.45) is 0 Å². The molecule has 2 aromatic carbocycles. The summed E-state index contributed by atoms with van der Waals surface area (Å²) in [5.41, 5.74) is 1.29. The third-order valence-electron chi connectivity index (χ3n) is 3.81. The Balaban J connectivity index is 1.67. The second kappa shape index (κ2) is 8.22. The Morgan fingerprint density at radius 3 is 2.37 bits per heavy atom. The van der Waals surface area contributed by atoms with Gasteiger partial charge in [0.15, 0.2) is 0 Å². The van der Waals surface area contributed by atoms with Crippen LogP contribution in [0.15, 0.2) is 47.0 Å². The maximum absolute atomic E-state index is 12.3. The standard InChI is InChI=1S/C19H19N3O5/c1-24-13-6-4-12(5-7-13)19-21-18(27-22-19)11-17(23)20-15-9-8-14(25-2)10-16(15)26-3/h4-10H,11H2,1-3H3,(H,20,23). The van der Waals surface area contributed by atoms with Gasteiger partial charge in [-0.05, 0) is 36.4 Å². The van der Waals surface area contributed by atoms with Gasteiger partial charge in [0.1, 0.15) is 23.7 Å². The number of aromatic nitrogens is 2. The van der Waals surface area contributed by atoms with Gasteiger partial charge in [0, 0.05) is 11.6 Å². The lowest BCUT2D eigenvalue weighted by molar-refractivity contribution is -0.115. The van der Waals surface area contributed by atoms with Crippen LogP contribution in [0.1, 0.15) is 5.89 Å². The van der Waals surface area contributed by atoms with E-state index in [1.54, 1.807) is 44.6 Å². The summed E-state index contributed by atoms with van der Waals surface area (Å²) < 4.78 is 20.7. The Kier molecular flexibility index (Phi) is 5.55. The first-order valence-electron chi connectivity index (χ1n) is 8.12. The van der Waals surface area contributed by atoms with Crippen molar-refractivity contribution >= 4 is 11.6 Å². The average Bonchev–Trinajstić information content (AvgIpc) is 3.16. The summed E-state index contributed by atoms with van der Waals surface area (Å²) in [6.45, 7) is 0. The van der Waals surface area contributed by atoms with Gasteiger partial charge in [0.25, 0.3) is 0 Å². The molecule has 0 saturated heterocycles. The zero-order valence-electron chi connectivity index (χ0n) is 15.2. The van der Waals surface area contributed by atoms with Crippen LogP contribution in [0.4, 0.5) is 5.69 Å². The fourth-order valence-corrected chi connectivity index (χ4v) is 2.42. The van der Waals surface area contributed by atoms with Gasteiger partial charge in [0.05, 0.1) is 27.0 Å².